The van der Waals surface area contributed by atoms with E-state index in [9.17, 15) is 9.90 Å². The van der Waals surface area contributed by atoms with Gasteiger partial charge in [-0.25, -0.2) is 4.39 Å². The van der Waals surface area contributed by atoms with Crippen LogP contribution in [0.5, 0.6) is 11.5 Å². The number of amides is 1. The molecular formula is C28H29ClFN3O4. The Labute approximate surface area is 219 Å². The van der Waals surface area contributed by atoms with Gasteiger partial charge in [0.2, 0.25) is 5.91 Å². The van der Waals surface area contributed by atoms with Crippen molar-refractivity contribution in [2.24, 2.45) is 5.73 Å². The van der Waals surface area contributed by atoms with Crippen LogP contribution in [0, 0.1) is 5.82 Å². The van der Waals surface area contributed by atoms with Gasteiger partial charge in [0.05, 0.1) is 24.5 Å². The number of carbonyl (C=O) groups excluding carboxylic acids is 1. The van der Waals surface area contributed by atoms with Gasteiger partial charge in [-0.1, -0.05) is 17.7 Å². The first kappa shape index (κ1) is 25.4. The summed E-state index contributed by atoms with van der Waals surface area (Å²) in [7, 11) is 1.36. The largest absolute Gasteiger partial charge is 0.494 e. The van der Waals surface area contributed by atoms with E-state index in [0.717, 1.165) is 31.4 Å². The van der Waals surface area contributed by atoms with E-state index < -0.39 is 17.3 Å². The van der Waals surface area contributed by atoms with Crippen LogP contribution in [-0.2, 0) is 12.0 Å². The van der Waals surface area contributed by atoms with E-state index in [1.165, 1.54) is 19.2 Å². The smallest absolute Gasteiger partial charge is 0.249 e. The van der Waals surface area contributed by atoms with Crippen LogP contribution in [0.1, 0.15) is 47.3 Å². The lowest BCUT2D eigenvalue weighted by Crippen LogP contribution is -2.47. The van der Waals surface area contributed by atoms with Crippen molar-refractivity contribution in [1.29, 1.82) is 0 Å². The van der Waals surface area contributed by atoms with E-state index in [-0.39, 0.29) is 34.0 Å². The lowest BCUT2D eigenvalue weighted by molar-refractivity contribution is 0.0726. The van der Waals surface area contributed by atoms with E-state index in [4.69, 9.17) is 26.8 Å². The first-order valence-electron chi connectivity index (χ1n) is 12.3. The number of hydrogen-bond donors (Lipinski definition) is 3. The topological polar surface area (TPSA) is 107 Å². The Morgan fingerprint density at radius 1 is 1.22 bits per heavy atom. The predicted molar refractivity (Wildman–Crippen MR) is 138 cm³/mol. The summed E-state index contributed by atoms with van der Waals surface area (Å²) in [5, 5.41) is 13.8. The monoisotopic (exact) mass is 525 g/mol. The Morgan fingerprint density at radius 3 is 2.68 bits per heavy atom. The summed E-state index contributed by atoms with van der Waals surface area (Å²) < 4.78 is 27.5. The van der Waals surface area contributed by atoms with E-state index in [0.29, 0.717) is 29.8 Å². The van der Waals surface area contributed by atoms with Crippen molar-refractivity contribution in [1.82, 2.24) is 10.3 Å². The number of primary amides is 1. The fourth-order valence-corrected chi connectivity index (χ4v) is 5.66. The highest BCUT2D eigenvalue weighted by molar-refractivity contribution is 6.34. The molecule has 4 N–H and O–H groups in total. The average Bonchev–Trinajstić information content (AvgIpc) is 3.29. The molecule has 0 saturated heterocycles. The lowest BCUT2D eigenvalue weighted by atomic mass is 9.86. The molecule has 1 aromatic heterocycles. The number of fused-ring (bicyclic) bond motifs is 1. The molecule has 3 aromatic rings. The molecule has 1 aliphatic carbocycles. The maximum absolute atomic E-state index is 15.7. The minimum atomic E-state index is -0.888. The van der Waals surface area contributed by atoms with Crippen LogP contribution in [-0.4, -0.2) is 41.8 Å². The molecule has 1 atom stereocenters. The predicted octanol–water partition coefficient (Wildman–Crippen LogP) is 4.37. The van der Waals surface area contributed by atoms with Gasteiger partial charge in [0, 0.05) is 46.9 Å². The number of aliphatic hydroxyl groups excluding tert-OH is 1. The number of pyridine rings is 1. The van der Waals surface area contributed by atoms with Crippen LogP contribution in [0.2, 0.25) is 5.02 Å². The van der Waals surface area contributed by atoms with Crippen molar-refractivity contribution in [2.45, 2.75) is 49.9 Å². The molecule has 1 aliphatic heterocycles. The van der Waals surface area contributed by atoms with Gasteiger partial charge in [-0.15, -0.1) is 0 Å². The number of rotatable bonds is 7. The molecule has 5 rings (SSSR count). The fraction of sp³-hybridized carbons (Fsp3) is 0.357. The third-order valence-electron chi connectivity index (χ3n) is 7.33. The molecule has 2 aliphatic rings. The molecule has 1 fully saturated rings. The number of hydrogen-bond acceptors (Lipinski definition) is 6. The molecule has 1 amide bonds. The summed E-state index contributed by atoms with van der Waals surface area (Å²) in [4.78, 5) is 16.9. The molecule has 1 saturated carbocycles. The zero-order valence-corrected chi connectivity index (χ0v) is 21.2. The summed E-state index contributed by atoms with van der Waals surface area (Å²) in [6.45, 7) is 0.444. The molecule has 37 heavy (non-hydrogen) atoms. The van der Waals surface area contributed by atoms with Crippen molar-refractivity contribution in [3.63, 3.8) is 0 Å². The second-order valence-electron chi connectivity index (χ2n) is 9.64. The van der Waals surface area contributed by atoms with Gasteiger partial charge in [0.1, 0.15) is 5.75 Å². The van der Waals surface area contributed by atoms with E-state index in [2.05, 4.69) is 10.3 Å². The third-order valence-corrected chi connectivity index (χ3v) is 7.65. The molecule has 0 spiro atoms. The van der Waals surface area contributed by atoms with Crippen molar-refractivity contribution in [2.75, 3.05) is 13.7 Å². The Hall–Kier alpha value is -3.20. The molecule has 194 valence electrons. The highest BCUT2D eigenvalue weighted by atomic mass is 35.5. The van der Waals surface area contributed by atoms with E-state index in [1.807, 2.05) is 18.2 Å². The van der Waals surface area contributed by atoms with Gasteiger partial charge < -0.3 is 25.6 Å². The van der Waals surface area contributed by atoms with Crippen LogP contribution in [0.25, 0.3) is 11.1 Å². The van der Waals surface area contributed by atoms with Crippen LogP contribution in [0.15, 0.2) is 48.7 Å². The summed E-state index contributed by atoms with van der Waals surface area (Å²) in [5.74, 6) is -0.988. The SMILES string of the molecule is COc1ccc(C(N)=O)c(-c2c(Cl)ccc3c2C[C@@](CN[C@H]2CC[C@@H](O)CC2)(c2ccccn2)O3)c1F. The Kier molecular flexibility index (Phi) is 7.07. The first-order valence-corrected chi connectivity index (χ1v) is 12.7. The Morgan fingerprint density at radius 2 is 2.00 bits per heavy atom. The molecule has 0 unspecified atom stereocenters. The first-order chi connectivity index (χ1) is 17.8. The summed E-state index contributed by atoms with van der Waals surface area (Å²) in [6, 6.07) is 12.1. The lowest BCUT2D eigenvalue weighted by Gasteiger charge is -2.33. The van der Waals surface area contributed by atoms with E-state index in [1.54, 1.807) is 18.3 Å². The number of aliphatic hydroxyl groups is 1. The number of nitrogens with zero attached hydrogens (tertiary/aromatic N) is 1. The number of halogens is 2. The van der Waals surface area contributed by atoms with Gasteiger partial charge in [-0.3, -0.25) is 9.78 Å². The summed E-state index contributed by atoms with van der Waals surface area (Å²) in [5.41, 5.74) is 6.47. The Bertz CT molecular complexity index is 1310. The maximum Gasteiger partial charge on any atom is 0.249 e. The highest BCUT2D eigenvalue weighted by Gasteiger charge is 2.45. The zero-order chi connectivity index (χ0) is 26.2. The quantitative estimate of drug-likeness (QED) is 0.423. The fourth-order valence-electron chi connectivity index (χ4n) is 5.39. The number of methoxy groups -OCH3 is 1. The molecule has 7 nitrogen and oxygen atoms in total. The standard InChI is InChI=1S/C28H29ClFN3O4/c1-36-22-11-9-18(27(31)35)25(26(22)30)24-19-14-28(23-4-2-3-13-32-23,37-21(19)12-10-20(24)29)15-33-16-5-7-17(34)8-6-16/h2-4,9-13,16-17,33-34H,5-8,14-15H2,1H3,(H2,31,35)/t16-,17+,28-/m1/s1. The van der Waals surface area contributed by atoms with Gasteiger partial charge >= 0.3 is 0 Å². The minimum absolute atomic E-state index is 0.00262. The van der Waals surface area contributed by atoms with Crippen molar-refractivity contribution in [3.8, 4) is 22.6 Å². The third kappa shape index (κ3) is 4.77. The molecule has 9 heteroatoms. The van der Waals surface area contributed by atoms with Gasteiger partial charge in [0.25, 0.3) is 0 Å². The summed E-state index contributed by atoms with van der Waals surface area (Å²) >= 11 is 6.67. The second kappa shape index (κ2) is 10.3. The number of carbonyl (C=O) groups is 1. The molecule has 2 aromatic carbocycles. The van der Waals surface area contributed by atoms with Gasteiger partial charge in [-0.2, -0.15) is 0 Å². The number of benzene rings is 2. The number of nitrogens with one attached hydrogen (secondary N) is 1. The van der Waals surface area contributed by atoms with Crippen molar-refractivity contribution >= 4 is 17.5 Å². The van der Waals surface area contributed by atoms with Crippen LogP contribution >= 0.6 is 11.6 Å². The Balaban J connectivity index is 1.59. The molecule has 0 radical (unpaired) electrons. The number of ether oxygens (including phenoxy) is 2. The summed E-state index contributed by atoms with van der Waals surface area (Å²) in [6.07, 6.45) is 5.02. The van der Waals surface area contributed by atoms with E-state index >= 15 is 4.39 Å². The second-order valence-corrected chi connectivity index (χ2v) is 10.0. The van der Waals surface area contributed by atoms with Crippen LogP contribution in [0.3, 0.4) is 0 Å². The maximum atomic E-state index is 15.7. The highest BCUT2D eigenvalue weighted by Crippen LogP contribution is 2.49. The minimum Gasteiger partial charge on any atom is -0.494 e. The van der Waals surface area contributed by atoms with Gasteiger partial charge in [0.15, 0.2) is 17.2 Å². The van der Waals surface area contributed by atoms with Crippen molar-refractivity contribution < 1.29 is 23.8 Å². The number of aromatic nitrogens is 1. The molecule has 0 bridgehead atoms. The molecular weight excluding hydrogens is 497 g/mol. The molecule has 2 heterocycles. The average molecular weight is 526 g/mol. The van der Waals surface area contributed by atoms with Crippen LogP contribution in [0.4, 0.5) is 4.39 Å². The number of nitrogens with two attached hydrogens (primary N) is 1. The van der Waals surface area contributed by atoms with Crippen molar-refractivity contribution in [3.05, 3.63) is 76.3 Å². The van der Waals surface area contributed by atoms with Gasteiger partial charge in [-0.05, 0) is 62.1 Å². The normalized spacial score (nSPS) is 22.8. The van der Waals surface area contributed by atoms with Crippen LogP contribution < -0.4 is 20.5 Å². The zero-order valence-electron chi connectivity index (χ0n) is 20.5.